The number of aromatic nitrogens is 1. The Morgan fingerprint density at radius 2 is 1.52 bits per heavy atom. The third-order valence-electron chi connectivity index (χ3n) is 10.7. The molecule has 1 amide bonds. The molecule has 4 aliphatic rings. The monoisotopic (exact) mass is 659 g/mol. The van der Waals surface area contributed by atoms with Gasteiger partial charge in [0.05, 0.1) is 19.4 Å². The number of ether oxygens (including phenoxy) is 1. The fraction of sp³-hybridized carbons (Fsp3) is 0.306. The van der Waals surface area contributed by atoms with E-state index in [2.05, 4.69) is 15.2 Å². The van der Waals surface area contributed by atoms with Crippen LogP contribution in [0.25, 0.3) is 0 Å². The van der Waals surface area contributed by atoms with Crippen molar-refractivity contribution in [1.29, 1.82) is 0 Å². The first-order valence-electron chi connectivity index (χ1n) is 15.2. The van der Waals surface area contributed by atoms with E-state index in [1.165, 1.54) is 0 Å². The third kappa shape index (κ3) is 3.87. The number of cyclic esters (lactones) is 1. The van der Waals surface area contributed by atoms with Crippen molar-refractivity contribution >= 4 is 40.8 Å². The van der Waals surface area contributed by atoms with Crippen LogP contribution in [0.15, 0.2) is 97.2 Å². The molecule has 3 aromatic carbocycles. The molecule has 1 N–H and O–H groups in total. The highest BCUT2D eigenvalue weighted by Crippen LogP contribution is 2.74. The van der Waals surface area contributed by atoms with Crippen molar-refractivity contribution in [1.82, 2.24) is 9.88 Å². The Morgan fingerprint density at radius 3 is 2.17 bits per heavy atom. The van der Waals surface area contributed by atoms with Crippen molar-refractivity contribution in [3.63, 3.8) is 0 Å². The first-order chi connectivity index (χ1) is 22.3. The number of carbonyl (C=O) groups is 2. The average molecular weight is 661 g/mol. The zero-order chi connectivity index (χ0) is 31.8. The molecule has 0 radical (unpaired) electrons. The van der Waals surface area contributed by atoms with E-state index in [-0.39, 0.29) is 23.9 Å². The summed E-state index contributed by atoms with van der Waals surface area (Å²) in [5, 5.41) is 3.67. The molecule has 8 rings (SSSR count). The Bertz CT molecular complexity index is 1850. The van der Waals surface area contributed by atoms with Crippen molar-refractivity contribution in [2.45, 2.75) is 47.9 Å². The largest absolute Gasteiger partial charge is 0.454 e. The van der Waals surface area contributed by atoms with Crippen molar-refractivity contribution < 1.29 is 23.1 Å². The normalized spacial score (nSPS) is 28.8. The lowest BCUT2D eigenvalue weighted by atomic mass is 9.45. The Labute approximate surface area is 274 Å². The minimum absolute atomic E-state index is 0.00637. The summed E-state index contributed by atoms with van der Waals surface area (Å²) in [6.45, 7) is -1.80. The molecule has 1 aliphatic carbocycles. The third-order valence-corrected chi connectivity index (χ3v) is 11.1. The number of fused-ring (bicyclic) bond motifs is 5. The number of nitrogens with zero attached hydrogens (tertiary/aromatic N) is 2. The predicted octanol–water partition coefficient (Wildman–Crippen LogP) is 7.54. The molecule has 4 aromatic rings. The van der Waals surface area contributed by atoms with Gasteiger partial charge >= 0.3 is 5.97 Å². The molecule has 1 aromatic heterocycles. The summed E-state index contributed by atoms with van der Waals surface area (Å²) >= 11 is 12.9. The van der Waals surface area contributed by atoms with Gasteiger partial charge in [0.25, 0.3) is 0 Å². The van der Waals surface area contributed by atoms with Gasteiger partial charge in [0.15, 0.2) is 0 Å². The van der Waals surface area contributed by atoms with E-state index < -0.39 is 59.8 Å². The number of esters is 1. The van der Waals surface area contributed by atoms with E-state index in [4.69, 9.17) is 27.9 Å². The number of carbonyl (C=O) groups excluding carboxylic acids is 2. The fourth-order valence-corrected chi connectivity index (χ4v) is 9.48. The summed E-state index contributed by atoms with van der Waals surface area (Å²) < 4.78 is 36.2. The van der Waals surface area contributed by atoms with E-state index >= 15 is 0 Å². The maximum Gasteiger partial charge on any atom is 0.324 e. The summed E-state index contributed by atoms with van der Waals surface area (Å²) in [5.41, 5.74) is -0.634. The van der Waals surface area contributed by atoms with E-state index in [0.29, 0.717) is 21.8 Å². The van der Waals surface area contributed by atoms with Gasteiger partial charge in [-0.1, -0.05) is 89.9 Å². The molecule has 4 heterocycles. The van der Waals surface area contributed by atoms with Crippen molar-refractivity contribution in [2.75, 3.05) is 18.7 Å². The lowest BCUT2D eigenvalue weighted by molar-refractivity contribution is -0.200. The summed E-state index contributed by atoms with van der Waals surface area (Å²) in [6, 6.07) is 26.1. The molecule has 2 spiro atoms. The SMILES string of the molecule is O=C1O[C@@H](c2ccccc2)C(c2ccccc2)N2[C@@H]1[C@H](c1ccnc(Cl)c1)[C@@]1(C(=O)Nc3cc(Cl)ccc31)C21CC(CF)(CF)C1. The molecule has 234 valence electrons. The number of hydrogen-bond acceptors (Lipinski definition) is 5. The number of benzene rings is 3. The van der Waals surface area contributed by atoms with Crippen LogP contribution in [0, 0.1) is 5.41 Å². The Morgan fingerprint density at radius 1 is 0.848 bits per heavy atom. The summed E-state index contributed by atoms with van der Waals surface area (Å²) in [7, 11) is 0. The van der Waals surface area contributed by atoms with Crippen LogP contribution in [0.2, 0.25) is 10.2 Å². The highest BCUT2D eigenvalue weighted by atomic mass is 35.5. The minimum atomic E-state index is -1.46. The van der Waals surface area contributed by atoms with E-state index in [9.17, 15) is 18.4 Å². The van der Waals surface area contributed by atoms with Crippen LogP contribution in [0.1, 0.15) is 53.2 Å². The Hall–Kier alpha value is -3.85. The Balaban J connectivity index is 1.47. The van der Waals surface area contributed by atoms with Gasteiger partial charge in [-0.05, 0) is 59.4 Å². The second kappa shape index (κ2) is 10.6. The molecule has 2 saturated heterocycles. The van der Waals surface area contributed by atoms with Crippen molar-refractivity contribution in [3.05, 3.63) is 130 Å². The second-order valence-corrected chi connectivity index (χ2v) is 13.8. The van der Waals surface area contributed by atoms with Crippen LogP contribution in [-0.2, 0) is 19.7 Å². The standard InChI is InChI=1S/C36H29Cl2F2N3O3/c37-24-11-12-25-26(16-24)42-33(45)36(25)28(23-13-14-41-27(38)15-23)30-32(44)46-31(22-9-5-2-6-10-22)29(21-7-3-1-4-8-21)43(30)35(36)17-34(18-35,19-39)20-40/h1-16,28-31H,17-20H2,(H,42,45)/t28-,29?,30+,31-,36-/m0/s1. The van der Waals surface area contributed by atoms with Crippen LogP contribution < -0.4 is 5.32 Å². The number of rotatable bonds is 5. The van der Waals surface area contributed by atoms with E-state index in [0.717, 1.165) is 11.1 Å². The molecule has 46 heavy (non-hydrogen) atoms. The maximum absolute atomic E-state index is 14.9. The summed E-state index contributed by atoms with van der Waals surface area (Å²) in [6.07, 6.45) is 0.792. The molecule has 0 bridgehead atoms. The van der Waals surface area contributed by atoms with Crippen LogP contribution in [-0.4, -0.2) is 46.7 Å². The zero-order valence-corrected chi connectivity index (χ0v) is 26.0. The van der Waals surface area contributed by atoms with Gasteiger partial charge in [-0.15, -0.1) is 0 Å². The van der Waals surface area contributed by atoms with Crippen LogP contribution in [0.4, 0.5) is 14.5 Å². The summed E-state index contributed by atoms with van der Waals surface area (Å²) in [5.74, 6) is -1.73. The number of amides is 1. The number of anilines is 1. The number of morpholine rings is 1. The zero-order valence-electron chi connectivity index (χ0n) is 24.5. The first kappa shape index (κ1) is 29.5. The molecule has 10 heteroatoms. The molecule has 3 fully saturated rings. The van der Waals surface area contributed by atoms with Gasteiger partial charge in [0.2, 0.25) is 5.91 Å². The van der Waals surface area contributed by atoms with Gasteiger partial charge < -0.3 is 10.1 Å². The highest BCUT2D eigenvalue weighted by molar-refractivity contribution is 6.31. The number of pyridine rings is 1. The Kier molecular flexibility index (Phi) is 6.80. The molecular weight excluding hydrogens is 631 g/mol. The number of alkyl halides is 2. The quantitative estimate of drug-likeness (QED) is 0.177. The molecule has 1 saturated carbocycles. The van der Waals surface area contributed by atoms with Crippen molar-refractivity contribution in [3.8, 4) is 0 Å². The molecular formula is C36H29Cl2F2N3O3. The van der Waals surface area contributed by atoms with Crippen LogP contribution in [0.3, 0.4) is 0 Å². The van der Waals surface area contributed by atoms with Crippen LogP contribution in [0.5, 0.6) is 0 Å². The molecule has 1 unspecified atom stereocenters. The second-order valence-electron chi connectivity index (χ2n) is 13.0. The number of halogens is 4. The van der Waals surface area contributed by atoms with Crippen LogP contribution >= 0.6 is 23.2 Å². The maximum atomic E-state index is 14.9. The topological polar surface area (TPSA) is 71.5 Å². The molecule has 5 atom stereocenters. The van der Waals surface area contributed by atoms with Gasteiger partial charge in [0, 0.05) is 33.8 Å². The fourth-order valence-electron chi connectivity index (χ4n) is 9.13. The molecule has 3 aliphatic heterocycles. The van der Waals surface area contributed by atoms with Gasteiger partial charge in [-0.2, -0.15) is 0 Å². The smallest absolute Gasteiger partial charge is 0.324 e. The predicted molar refractivity (Wildman–Crippen MR) is 170 cm³/mol. The number of nitrogens with one attached hydrogen (secondary N) is 1. The first-order valence-corrected chi connectivity index (χ1v) is 16.0. The average Bonchev–Trinajstić information content (AvgIpc) is 3.50. The molecule has 6 nitrogen and oxygen atoms in total. The van der Waals surface area contributed by atoms with Gasteiger partial charge in [0.1, 0.15) is 22.7 Å². The highest BCUT2D eigenvalue weighted by Gasteiger charge is 2.82. The lowest BCUT2D eigenvalue weighted by Gasteiger charge is -2.64. The lowest BCUT2D eigenvalue weighted by Crippen LogP contribution is -2.72. The van der Waals surface area contributed by atoms with E-state index in [1.807, 2.05) is 60.7 Å². The number of hydrogen-bond donors (Lipinski definition) is 1. The van der Waals surface area contributed by atoms with Gasteiger partial charge in [-0.3, -0.25) is 23.3 Å². The summed E-state index contributed by atoms with van der Waals surface area (Å²) in [4.78, 5) is 35.8. The van der Waals surface area contributed by atoms with Gasteiger partial charge in [-0.25, -0.2) is 4.98 Å². The van der Waals surface area contributed by atoms with E-state index in [1.54, 1.807) is 36.5 Å². The van der Waals surface area contributed by atoms with Crippen molar-refractivity contribution in [2.24, 2.45) is 5.41 Å². The minimum Gasteiger partial charge on any atom is -0.454 e.